The summed E-state index contributed by atoms with van der Waals surface area (Å²) >= 11 is 0. The lowest BCUT2D eigenvalue weighted by atomic mass is 10.1. The number of halogens is 4. The molecule has 264 valence electrons. The van der Waals surface area contributed by atoms with E-state index in [2.05, 4.69) is 25.3 Å². The highest BCUT2D eigenvalue weighted by molar-refractivity contribution is 5.77. The molecule has 5 heterocycles. The molecule has 6 aromatic rings. The van der Waals surface area contributed by atoms with Crippen LogP contribution < -0.4 is 25.9 Å². The van der Waals surface area contributed by atoms with Gasteiger partial charge in [0.05, 0.1) is 18.8 Å². The number of rotatable bonds is 6. The highest BCUT2D eigenvalue weighted by atomic mass is 19.1. The minimum Gasteiger partial charge on any atom is -0.448 e. The third-order valence-corrected chi connectivity index (χ3v) is 7.82. The van der Waals surface area contributed by atoms with Crippen LogP contribution in [0.3, 0.4) is 0 Å². The lowest BCUT2D eigenvalue weighted by molar-refractivity contribution is -0.0136. The van der Waals surface area contributed by atoms with E-state index in [1.165, 1.54) is 41.6 Å². The predicted octanol–water partition coefficient (Wildman–Crippen LogP) is 4.67. The molecule has 2 atom stereocenters. The maximum Gasteiger partial charge on any atom is 0.294 e. The summed E-state index contributed by atoms with van der Waals surface area (Å²) in [5.41, 5.74) is -0.239. The number of aliphatic hydroxyl groups excluding tert-OH is 1. The molecule has 0 unspecified atom stereocenters. The third kappa shape index (κ3) is 7.63. The van der Waals surface area contributed by atoms with E-state index in [0.29, 0.717) is 53.1 Å². The number of ether oxygens (including phenoxy) is 3. The Morgan fingerprint density at radius 2 is 1.31 bits per heavy atom. The molecule has 13 nitrogen and oxygen atoms in total. The Morgan fingerprint density at radius 3 is 1.84 bits per heavy atom. The molecule has 2 aromatic carbocycles. The average Bonchev–Trinajstić information content (AvgIpc) is 3.10. The van der Waals surface area contributed by atoms with Gasteiger partial charge in [-0.1, -0.05) is 0 Å². The monoisotopic (exact) mass is 707 g/mol. The van der Waals surface area contributed by atoms with E-state index < -0.39 is 40.5 Å². The van der Waals surface area contributed by atoms with Crippen LogP contribution in [0.5, 0.6) is 23.0 Å². The van der Waals surface area contributed by atoms with Crippen LogP contribution in [0.15, 0.2) is 70.5 Å². The fraction of sp³-hybridized carbons (Fsp3) is 0.235. The molecule has 1 aliphatic heterocycles. The van der Waals surface area contributed by atoms with Crippen molar-refractivity contribution in [1.82, 2.24) is 29.1 Å². The SMILES string of the molecule is Cc1ncc2cc(Oc3ccc(F)cc3F)c(=O)n(C)c2n1.Cn1c(=O)c(Oc2ccc(F)cc2F)cc2cnc(N[C@@H]3CCOC[C@H]3O)nc21. The molecule has 1 fully saturated rings. The van der Waals surface area contributed by atoms with E-state index in [4.69, 9.17) is 14.2 Å². The molecular weight excluding hydrogens is 678 g/mol. The lowest BCUT2D eigenvalue weighted by Gasteiger charge is -2.28. The van der Waals surface area contributed by atoms with Crippen LogP contribution >= 0.6 is 0 Å². The van der Waals surface area contributed by atoms with Crippen LogP contribution in [0.1, 0.15) is 12.2 Å². The van der Waals surface area contributed by atoms with Gasteiger partial charge in [0, 0.05) is 56.0 Å². The number of aliphatic hydroxyl groups is 1. The van der Waals surface area contributed by atoms with Crippen molar-refractivity contribution in [3.63, 3.8) is 0 Å². The number of hydrogen-bond donors (Lipinski definition) is 2. The van der Waals surface area contributed by atoms with Gasteiger partial charge in [-0.3, -0.25) is 18.7 Å². The highest BCUT2D eigenvalue weighted by Gasteiger charge is 2.24. The van der Waals surface area contributed by atoms with E-state index in [1.54, 1.807) is 13.1 Å². The van der Waals surface area contributed by atoms with Gasteiger partial charge < -0.3 is 24.6 Å². The topological polar surface area (TPSA) is 156 Å². The van der Waals surface area contributed by atoms with Crippen LogP contribution in [0, 0.1) is 30.2 Å². The Kier molecular flexibility index (Phi) is 9.92. The van der Waals surface area contributed by atoms with Crippen LogP contribution in [-0.4, -0.2) is 59.5 Å². The first-order valence-corrected chi connectivity index (χ1v) is 15.4. The van der Waals surface area contributed by atoms with E-state index >= 15 is 0 Å². The number of hydrogen-bond acceptors (Lipinski definition) is 11. The number of pyridine rings is 2. The molecule has 17 heteroatoms. The number of benzene rings is 2. The van der Waals surface area contributed by atoms with Gasteiger partial charge in [-0.25, -0.2) is 32.5 Å². The number of aromatic nitrogens is 6. The van der Waals surface area contributed by atoms with Crippen molar-refractivity contribution in [1.29, 1.82) is 0 Å². The van der Waals surface area contributed by atoms with Gasteiger partial charge in [-0.05, 0) is 49.7 Å². The fourth-order valence-electron chi connectivity index (χ4n) is 5.15. The van der Waals surface area contributed by atoms with Crippen LogP contribution in [-0.2, 0) is 18.8 Å². The highest BCUT2D eigenvalue weighted by Crippen LogP contribution is 2.26. The van der Waals surface area contributed by atoms with Crippen molar-refractivity contribution >= 4 is 28.0 Å². The van der Waals surface area contributed by atoms with Crippen molar-refractivity contribution in [2.75, 3.05) is 18.5 Å². The molecule has 1 aliphatic rings. The zero-order valence-corrected chi connectivity index (χ0v) is 27.2. The molecule has 0 bridgehead atoms. The average molecular weight is 708 g/mol. The molecule has 7 rings (SSSR count). The molecule has 0 spiro atoms. The molecule has 2 N–H and O–H groups in total. The first kappa shape index (κ1) is 34.9. The number of fused-ring (bicyclic) bond motifs is 2. The standard InChI is InChI=1S/C19H18F2N4O4.C15H11F2N3O2/c1-25-17-10(8-22-19(24-17)23-13-4-5-28-9-14(13)26)6-16(18(25)27)29-15-3-2-11(20)7-12(15)21;1-8-18-7-9-5-13(15(21)20(2)14(9)19-8)22-12-4-3-10(16)6-11(12)17/h2-3,6-8,13-14,26H,4-5,9H2,1H3,(H,22,23,24);3-7H,1-2H3/t13-,14-;/m1./s1. The molecule has 4 aromatic heterocycles. The first-order valence-electron chi connectivity index (χ1n) is 15.4. The Labute approximate surface area is 285 Å². The zero-order chi connectivity index (χ0) is 36.4. The number of anilines is 1. The van der Waals surface area contributed by atoms with Gasteiger partial charge in [0.15, 0.2) is 34.6 Å². The molecule has 0 saturated carbocycles. The smallest absolute Gasteiger partial charge is 0.294 e. The summed E-state index contributed by atoms with van der Waals surface area (Å²) in [5, 5.41) is 14.1. The largest absolute Gasteiger partial charge is 0.448 e. The molecule has 1 saturated heterocycles. The van der Waals surface area contributed by atoms with E-state index in [-0.39, 0.29) is 41.6 Å². The second-order valence-electron chi connectivity index (χ2n) is 11.4. The summed E-state index contributed by atoms with van der Waals surface area (Å²) in [6.45, 7) is 2.45. The molecule has 0 aliphatic carbocycles. The van der Waals surface area contributed by atoms with Crippen LogP contribution in [0.25, 0.3) is 22.1 Å². The predicted molar refractivity (Wildman–Crippen MR) is 176 cm³/mol. The molecule has 51 heavy (non-hydrogen) atoms. The minimum absolute atomic E-state index is 0.0899. The van der Waals surface area contributed by atoms with Gasteiger partial charge >= 0.3 is 0 Å². The van der Waals surface area contributed by atoms with Crippen LogP contribution in [0.4, 0.5) is 23.5 Å². The van der Waals surface area contributed by atoms with Crippen molar-refractivity contribution in [2.45, 2.75) is 25.5 Å². The maximum atomic E-state index is 13.9. The summed E-state index contributed by atoms with van der Waals surface area (Å²) in [6.07, 6.45) is 2.94. The number of nitrogens with zero attached hydrogens (tertiary/aromatic N) is 6. The van der Waals surface area contributed by atoms with Gasteiger partial charge in [0.25, 0.3) is 11.1 Å². The van der Waals surface area contributed by atoms with Gasteiger partial charge in [-0.15, -0.1) is 0 Å². The Hall–Kier alpha value is -5.94. The minimum atomic E-state index is -0.919. The third-order valence-electron chi connectivity index (χ3n) is 7.82. The summed E-state index contributed by atoms with van der Waals surface area (Å²) in [7, 11) is 3.03. The molecule has 0 radical (unpaired) electrons. The lowest BCUT2D eigenvalue weighted by Crippen LogP contribution is -2.42. The fourth-order valence-corrected chi connectivity index (χ4v) is 5.15. The maximum absolute atomic E-state index is 13.9. The summed E-state index contributed by atoms with van der Waals surface area (Å²) in [6, 6.07) is 8.25. The van der Waals surface area contributed by atoms with Crippen molar-refractivity contribution < 1.29 is 36.9 Å². The van der Waals surface area contributed by atoms with Gasteiger partial charge in [0.2, 0.25) is 5.95 Å². The molecule has 0 amide bonds. The van der Waals surface area contributed by atoms with Gasteiger partial charge in [-0.2, -0.15) is 4.98 Å². The molecular formula is C34H29F4N7O6. The Morgan fingerprint density at radius 1 is 0.784 bits per heavy atom. The van der Waals surface area contributed by atoms with Crippen LogP contribution in [0.2, 0.25) is 0 Å². The first-order chi connectivity index (χ1) is 24.4. The number of nitrogens with one attached hydrogen (secondary N) is 1. The van der Waals surface area contributed by atoms with Crippen molar-refractivity contribution in [2.24, 2.45) is 14.1 Å². The van der Waals surface area contributed by atoms with Gasteiger partial charge in [0.1, 0.15) is 28.8 Å². The zero-order valence-electron chi connectivity index (χ0n) is 27.2. The normalized spacial score (nSPS) is 15.7. The second-order valence-corrected chi connectivity index (χ2v) is 11.4. The summed E-state index contributed by atoms with van der Waals surface area (Å²) in [5.74, 6) is -3.22. The Balaban J connectivity index is 0.000000183. The second kappa shape index (κ2) is 14.5. The van der Waals surface area contributed by atoms with E-state index in [1.807, 2.05) is 0 Å². The summed E-state index contributed by atoms with van der Waals surface area (Å²) in [4.78, 5) is 41.7. The number of aryl methyl sites for hydroxylation is 3. The van der Waals surface area contributed by atoms with Crippen molar-refractivity contribution in [3.8, 4) is 23.0 Å². The Bertz CT molecular complexity index is 2390. The quantitative estimate of drug-likeness (QED) is 0.232. The van der Waals surface area contributed by atoms with E-state index in [0.717, 1.165) is 24.3 Å². The summed E-state index contributed by atoms with van der Waals surface area (Å²) < 4.78 is 71.8. The van der Waals surface area contributed by atoms with E-state index in [9.17, 15) is 32.3 Å². The van der Waals surface area contributed by atoms with Crippen molar-refractivity contribution in [3.05, 3.63) is 111 Å².